The first kappa shape index (κ1) is 23.6. The van der Waals surface area contributed by atoms with Crippen LogP contribution in [0.1, 0.15) is 17.0 Å². The number of aromatic nitrogens is 3. The molecular weight excluding hydrogens is 468 g/mol. The van der Waals surface area contributed by atoms with Crippen molar-refractivity contribution < 1.29 is 9.53 Å². The molecule has 1 N–H and O–H groups in total. The highest BCUT2D eigenvalue weighted by Crippen LogP contribution is 2.26. The molecule has 0 atom stereocenters. The standard InChI is InChI=1S/C29H26N4O2S/c34-28(30-18-22-10-3-1-4-11-22)21-36-29-32-31-27(33(29)19-23-12-5-2-6-13-23)20-35-26-17-9-15-24-14-7-8-16-25(24)26/h1-17H,18-21H2,(H,30,34). The number of benzene rings is 4. The van der Waals surface area contributed by atoms with Crippen molar-refractivity contribution in [3.05, 3.63) is 120 Å². The average molecular weight is 495 g/mol. The SMILES string of the molecule is O=C(CSc1nnc(COc2cccc3ccccc23)n1Cc1ccccc1)NCc1ccccc1. The molecular formula is C29H26N4O2S. The van der Waals surface area contributed by atoms with E-state index in [0.29, 0.717) is 24.1 Å². The fourth-order valence-electron chi connectivity index (χ4n) is 3.90. The normalized spacial score (nSPS) is 10.9. The lowest BCUT2D eigenvalue weighted by Crippen LogP contribution is -2.24. The number of thioether (sulfide) groups is 1. The van der Waals surface area contributed by atoms with E-state index >= 15 is 0 Å². The molecule has 7 heteroatoms. The van der Waals surface area contributed by atoms with Gasteiger partial charge in [0, 0.05) is 11.9 Å². The van der Waals surface area contributed by atoms with Gasteiger partial charge in [0.2, 0.25) is 5.91 Å². The van der Waals surface area contributed by atoms with Gasteiger partial charge in [-0.05, 0) is 22.6 Å². The van der Waals surface area contributed by atoms with Gasteiger partial charge in [0.1, 0.15) is 12.4 Å². The van der Waals surface area contributed by atoms with Crippen LogP contribution in [0.3, 0.4) is 0 Å². The molecule has 1 amide bonds. The lowest BCUT2D eigenvalue weighted by atomic mass is 10.1. The Balaban J connectivity index is 1.30. The highest BCUT2D eigenvalue weighted by Gasteiger charge is 2.16. The van der Waals surface area contributed by atoms with Gasteiger partial charge in [0.15, 0.2) is 11.0 Å². The van der Waals surface area contributed by atoms with Gasteiger partial charge in [0.25, 0.3) is 0 Å². The van der Waals surface area contributed by atoms with Gasteiger partial charge in [-0.2, -0.15) is 0 Å². The largest absolute Gasteiger partial charge is 0.485 e. The molecule has 0 unspecified atom stereocenters. The molecule has 0 aliphatic rings. The maximum absolute atomic E-state index is 12.5. The predicted molar refractivity (Wildman–Crippen MR) is 143 cm³/mol. The zero-order valence-corrected chi connectivity index (χ0v) is 20.5. The second kappa shape index (κ2) is 11.6. The number of carbonyl (C=O) groups is 1. The minimum absolute atomic E-state index is 0.0494. The molecule has 1 heterocycles. The second-order valence-electron chi connectivity index (χ2n) is 8.29. The Hall–Kier alpha value is -4.10. The molecule has 5 aromatic rings. The van der Waals surface area contributed by atoms with Crippen molar-refractivity contribution in [3.8, 4) is 5.75 Å². The van der Waals surface area contributed by atoms with Gasteiger partial charge in [-0.25, -0.2) is 0 Å². The molecule has 0 aliphatic carbocycles. The maximum Gasteiger partial charge on any atom is 0.230 e. The van der Waals surface area contributed by atoms with E-state index in [0.717, 1.165) is 27.6 Å². The van der Waals surface area contributed by atoms with E-state index in [-0.39, 0.29) is 18.3 Å². The molecule has 0 saturated carbocycles. The van der Waals surface area contributed by atoms with Crippen molar-refractivity contribution in [2.75, 3.05) is 5.75 Å². The Morgan fingerprint density at radius 3 is 2.31 bits per heavy atom. The summed E-state index contributed by atoms with van der Waals surface area (Å²) in [5.74, 6) is 1.71. The van der Waals surface area contributed by atoms with Crippen molar-refractivity contribution in [1.29, 1.82) is 0 Å². The van der Waals surface area contributed by atoms with Crippen LogP contribution in [0.5, 0.6) is 5.75 Å². The van der Waals surface area contributed by atoms with Crippen molar-refractivity contribution in [3.63, 3.8) is 0 Å². The molecule has 0 saturated heterocycles. The minimum atomic E-state index is -0.0494. The molecule has 0 aliphatic heterocycles. The third-order valence-corrected chi connectivity index (χ3v) is 6.71. The molecule has 6 nitrogen and oxygen atoms in total. The number of rotatable bonds is 10. The molecule has 0 fully saturated rings. The third kappa shape index (κ3) is 5.93. The first-order valence-electron chi connectivity index (χ1n) is 11.8. The van der Waals surface area contributed by atoms with Gasteiger partial charge < -0.3 is 10.1 Å². The van der Waals surface area contributed by atoms with Crippen LogP contribution in [-0.4, -0.2) is 26.4 Å². The van der Waals surface area contributed by atoms with E-state index in [9.17, 15) is 4.79 Å². The number of hydrogen-bond acceptors (Lipinski definition) is 5. The summed E-state index contributed by atoms with van der Waals surface area (Å²) in [4.78, 5) is 12.5. The minimum Gasteiger partial charge on any atom is -0.485 e. The van der Waals surface area contributed by atoms with Crippen molar-refractivity contribution in [1.82, 2.24) is 20.1 Å². The summed E-state index contributed by atoms with van der Waals surface area (Å²) < 4.78 is 8.22. The number of hydrogen-bond donors (Lipinski definition) is 1. The highest BCUT2D eigenvalue weighted by molar-refractivity contribution is 7.99. The molecule has 180 valence electrons. The second-order valence-corrected chi connectivity index (χ2v) is 9.23. The van der Waals surface area contributed by atoms with Gasteiger partial charge in [-0.3, -0.25) is 9.36 Å². The fraction of sp³-hybridized carbons (Fsp3) is 0.138. The smallest absolute Gasteiger partial charge is 0.230 e. The van der Waals surface area contributed by atoms with Gasteiger partial charge >= 0.3 is 0 Å². The van der Waals surface area contributed by atoms with E-state index in [1.807, 2.05) is 77.4 Å². The van der Waals surface area contributed by atoms with Gasteiger partial charge in [-0.15, -0.1) is 10.2 Å². The summed E-state index contributed by atoms with van der Waals surface area (Å²) in [7, 11) is 0. The summed E-state index contributed by atoms with van der Waals surface area (Å²) >= 11 is 1.38. The van der Waals surface area contributed by atoms with E-state index in [1.54, 1.807) is 0 Å². The van der Waals surface area contributed by atoms with E-state index in [2.05, 4.69) is 45.8 Å². The predicted octanol–water partition coefficient (Wildman–Crippen LogP) is 5.47. The zero-order valence-electron chi connectivity index (χ0n) is 19.7. The molecule has 1 aromatic heterocycles. The molecule has 0 spiro atoms. The lowest BCUT2D eigenvalue weighted by Gasteiger charge is -2.12. The lowest BCUT2D eigenvalue weighted by molar-refractivity contribution is -0.118. The number of amides is 1. The first-order valence-corrected chi connectivity index (χ1v) is 12.7. The summed E-state index contributed by atoms with van der Waals surface area (Å²) in [6, 6.07) is 34.2. The van der Waals surface area contributed by atoms with E-state index in [4.69, 9.17) is 4.74 Å². The van der Waals surface area contributed by atoms with Crippen LogP contribution in [0, 0.1) is 0 Å². The van der Waals surface area contributed by atoms with Crippen molar-refractivity contribution in [2.45, 2.75) is 24.9 Å². The summed E-state index contributed by atoms with van der Waals surface area (Å²) in [6.45, 7) is 1.37. The van der Waals surface area contributed by atoms with Crippen molar-refractivity contribution >= 4 is 28.4 Å². The average Bonchev–Trinajstić information content (AvgIpc) is 3.31. The molecule has 0 bridgehead atoms. The van der Waals surface area contributed by atoms with Gasteiger partial charge in [-0.1, -0.05) is 109 Å². The van der Waals surface area contributed by atoms with Crippen molar-refractivity contribution in [2.24, 2.45) is 0 Å². The maximum atomic E-state index is 12.5. The third-order valence-electron chi connectivity index (χ3n) is 5.75. The number of fused-ring (bicyclic) bond motifs is 1. The van der Waals surface area contributed by atoms with E-state index in [1.165, 1.54) is 11.8 Å². The Morgan fingerprint density at radius 1 is 0.806 bits per heavy atom. The Morgan fingerprint density at radius 2 is 1.50 bits per heavy atom. The zero-order chi connectivity index (χ0) is 24.6. The van der Waals surface area contributed by atoms with Crippen LogP contribution in [0.15, 0.2) is 108 Å². The monoisotopic (exact) mass is 494 g/mol. The quantitative estimate of drug-likeness (QED) is 0.261. The number of carbonyl (C=O) groups excluding carboxylic acids is 1. The summed E-state index contributed by atoms with van der Waals surface area (Å²) in [5.41, 5.74) is 2.19. The van der Waals surface area contributed by atoms with Crippen LogP contribution in [0.4, 0.5) is 0 Å². The summed E-state index contributed by atoms with van der Waals surface area (Å²) in [6.07, 6.45) is 0. The van der Waals surface area contributed by atoms with Crippen LogP contribution < -0.4 is 10.1 Å². The number of nitrogens with zero attached hydrogens (tertiary/aromatic N) is 3. The molecule has 4 aromatic carbocycles. The Kier molecular flexibility index (Phi) is 7.58. The van der Waals surface area contributed by atoms with E-state index < -0.39 is 0 Å². The van der Waals surface area contributed by atoms with Crippen LogP contribution in [-0.2, 0) is 24.5 Å². The topological polar surface area (TPSA) is 69.0 Å². The van der Waals surface area contributed by atoms with Crippen LogP contribution >= 0.6 is 11.8 Å². The van der Waals surface area contributed by atoms with Crippen LogP contribution in [0.2, 0.25) is 0 Å². The first-order chi connectivity index (χ1) is 17.8. The molecule has 0 radical (unpaired) electrons. The summed E-state index contributed by atoms with van der Waals surface area (Å²) in [5, 5.41) is 14.6. The molecule has 36 heavy (non-hydrogen) atoms. The van der Waals surface area contributed by atoms with Gasteiger partial charge in [0.05, 0.1) is 12.3 Å². The number of nitrogens with one attached hydrogen (secondary N) is 1. The number of ether oxygens (including phenoxy) is 1. The Bertz CT molecular complexity index is 1430. The van der Waals surface area contributed by atoms with Crippen LogP contribution in [0.25, 0.3) is 10.8 Å². The highest BCUT2D eigenvalue weighted by atomic mass is 32.2. The Labute approximate surface area is 214 Å². The fourth-order valence-corrected chi connectivity index (χ4v) is 4.69. The molecule has 5 rings (SSSR count).